The van der Waals surface area contributed by atoms with Crippen molar-refractivity contribution in [2.45, 2.75) is 37.8 Å². The second kappa shape index (κ2) is 23.8. The fraction of sp³-hybridized carbons (Fsp3) is 0.0882. The third kappa shape index (κ3) is 11.9. The number of nitrogens with zero attached hydrogens (tertiary/aromatic N) is 6. The van der Waals surface area contributed by atoms with Crippen LogP contribution in [0.25, 0.3) is 31.6 Å². The smallest absolute Gasteiger partial charge is 0.130 e. The molecule has 2 N–H and O–H groups in total. The predicted molar refractivity (Wildman–Crippen MR) is 327 cm³/mol. The van der Waals surface area contributed by atoms with Crippen LogP contribution < -0.4 is 0 Å². The van der Waals surface area contributed by atoms with Crippen molar-refractivity contribution in [3.8, 4) is 21.3 Å². The first-order valence-corrected chi connectivity index (χ1v) is 28.6. The van der Waals surface area contributed by atoms with E-state index < -0.39 is 12.1 Å². The molecule has 390 valence electrons. The van der Waals surface area contributed by atoms with Gasteiger partial charge in [0.05, 0.1) is 22.4 Å². The summed E-state index contributed by atoms with van der Waals surface area (Å²) in [6.45, 7) is 0. The molecule has 4 aromatic heterocycles. The van der Waals surface area contributed by atoms with Crippen LogP contribution >= 0.6 is 45.9 Å². The Kier molecular flexibility index (Phi) is 15.5. The van der Waals surface area contributed by atoms with Gasteiger partial charge in [-0.2, -0.15) is 20.5 Å². The number of hydrogen-bond acceptors (Lipinski definition) is 10. The fourth-order valence-corrected chi connectivity index (χ4v) is 12.7. The number of benzene rings is 8. The Bertz CT molecular complexity index is 3810. The Morgan fingerprint density at radius 1 is 0.388 bits per heavy atom. The standard InChI is InChI=1S/C68H50Cl2N6O2S2/c69-53-21-23-55-57(29-31-71-59(55)41-53)73-75-65(47-37-49(33-43-13-5-1-6-14-43)67(77)50(38-47)34-44-15-7-2-8-16-44)63-27-25-61(79-63)62-26-28-64(80-62)66(76-74-58-30-32-72-60-42-54(70)22-24-56(58)60)48-39-51(35-45-17-9-3-10-18-45)68(78)52(40-48)36-46-19-11-4-12-20-46/h1-32,37-42,65-66,77-78H,33-36H2. The SMILES string of the molecule is Oc1c(Cc2ccccc2)cc(C(N=Nc2ccnc3cc(Cl)ccc23)c2ccc(-c3ccc(C(N=Nc4ccnc5cc(Cl)ccc45)c4cc(Cc5ccccc5)c(O)c(Cc5ccccc5)c4)s3)s2)cc1Cc1ccccc1. The number of aromatic hydroxyl groups is 2. The van der Waals surface area contributed by atoms with Gasteiger partial charge in [0.25, 0.3) is 0 Å². The molecule has 0 aliphatic rings. The molecule has 0 aliphatic carbocycles. The molecule has 12 aromatic rings. The molecule has 12 rings (SSSR count). The summed E-state index contributed by atoms with van der Waals surface area (Å²) in [5.74, 6) is 0.543. The first kappa shape index (κ1) is 52.1. The lowest BCUT2D eigenvalue weighted by molar-refractivity contribution is 0.462. The summed E-state index contributed by atoms with van der Waals surface area (Å²) in [6.07, 6.45) is 5.57. The number of halogens is 2. The van der Waals surface area contributed by atoms with Gasteiger partial charge in [0.2, 0.25) is 0 Å². The number of pyridine rings is 2. The monoisotopic (exact) mass is 1120 g/mol. The molecule has 0 bridgehead atoms. The van der Waals surface area contributed by atoms with Crippen molar-refractivity contribution in [1.82, 2.24) is 9.97 Å². The minimum atomic E-state index is -0.553. The summed E-state index contributed by atoms with van der Waals surface area (Å²) in [5, 5.41) is 47.4. The van der Waals surface area contributed by atoms with Gasteiger partial charge in [0.15, 0.2) is 0 Å². The first-order chi connectivity index (χ1) is 39.2. The van der Waals surface area contributed by atoms with E-state index in [1.165, 1.54) is 0 Å². The van der Waals surface area contributed by atoms with E-state index in [0.717, 1.165) is 96.9 Å². The Balaban J connectivity index is 0.971. The fourth-order valence-electron chi connectivity index (χ4n) is 10.2. The lowest BCUT2D eigenvalue weighted by atomic mass is 9.92. The molecule has 0 saturated heterocycles. The van der Waals surface area contributed by atoms with Crippen LogP contribution in [-0.2, 0) is 25.7 Å². The lowest BCUT2D eigenvalue weighted by Crippen LogP contribution is -2.02. The molecule has 0 fully saturated rings. The van der Waals surface area contributed by atoms with Crippen molar-refractivity contribution in [2.24, 2.45) is 20.5 Å². The molecule has 2 unspecified atom stereocenters. The van der Waals surface area contributed by atoms with E-state index in [-0.39, 0.29) is 11.5 Å². The van der Waals surface area contributed by atoms with Crippen LogP contribution in [0.4, 0.5) is 11.4 Å². The second-order valence-corrected chi connectivity index (χ2v) is 22.8. The minimum Gasteiger partial charge on any atom is -0.507 e. The third-order valence-electron chi connectivity index (χ3n) is 14.1. The average molecular weight is 1120 g/mol. The quantitative estimate of drug-likeness (QED) is 0.0884. The Labute approximate surface area is 481 Å². The first-order valence-electron chi connectivity index (χ1n) is 26.2. The van der Waals surface area contributed by atoms with Crippen molar-refractivity contribution >= 4 is 79.1 Å². The summed E-state index contributed by atoms with van der Waals surface area (Å²) < 4.78 is 0. The van der Waals surface area contributed by atoms with Crippen LogP contribution in [0.15, 0.2) is 251 Å². The maximum Gasteiger partial charge on any atom is 0.130 e. The predicted octanol–water partition coefficient (Wildman–Crippen LogP) is 19.4. The Morgan fingerprint density at radius 3 is 1.06 bits per heavy atom. The van der Waals surface area contributed by atoms with Gasteiger partial charge in [-0.25, -0.2) is 0 Å². The number of azo groups is 2. The van der Waals surface area contributed by atoms with Crippen molar-refractivity contribution in [2.75, 3.05) is 0 Å². The van der Waals surface area contributed by atoms with Crippen LogP contribution in [0.3, 0.4) is 0 Å². The molecule has 0 aliphatic heterocycles. The van der Waals surface area contributed by atoms with Gasteiger partial charge < -0.3 is 10.2 Å². The van der Waals surface area contributed by atoms with Crippen molar-refractivity contribution in [1.29, 1.82) is 0 Å². The maximum absolute atomic E-state index is 12.1. The van der Waals surface area contributed by atoms with Gasteiger partial charge in [0.1, 0.15) is 23.6 Å². The number of rotatable bonds is 17. The number of fused-ring (bicyclic) bond motifs is 2. The molecule has 80 heavy (non-hydrogen) atoms. The van der Waals surface area contributed by atoms with Crippen molar-refractivity contribution in [3.63, 3.8) is 0 Å². The summed E-state index contributed by atoms with van der Waals surface area (Å²) >= 11 is 16.2. The number of phenolic OH excluding ortho intramolecular Hbond substituents is 2. The van der Waals surface area contributed by atoms with E-state index in [2.05, 4.69) is 107 Å². The number of thiophene rings is 2. The highest BCUT2D eigenvalue weighted by molar-refractivity contribution is 7.22. The van der Waals surface area contributed by atoms with Gasteiger partial charge in [-0.3, -0.25) is 9.97 Å². The molecular weight excluding hydrogens is 1070 g/mol. The molecule has 2 atom stereocenters. The molecule has 0 spiro atoms. The molecule has 0 saturated carbocycles. The molecule has 8 nitrogen and oxygen atoms in total. The molecule has 4 heterocycles. The summed E-state index contributed by atoms with van der Waals surface area (Å²) in [7, 11) is 0. The zero-order chi connectivity index (χ0) is 54.4. The van der Waals surface area contributed by atoms with Gasteiger partial charge in [0, 0.05) is 78.4 Å². The van der Waals surface area contributed by atoms with Gasteiger partial charge in [-0.1, -0.05) is 145 Å². The Hall–Kier alpha value is -8.64. The van der Waals surface area contributed by atoms with E-state index in [1.807, 2.05) is 121 Å². The summed E-state index contributed by atoms with van der Waals surface area (Å²) in [5.41, 5.74) is 12.2. The van der Waals surface area contributed by atoms with E-state index in [4.69, 9.17) is 43.7 Å². The Morgan fingerprint density at radius 2 is 0.725 bits per heavy atom. The van der Waals surface area contributed by atoms with Gasteiger partial charge >= 0.3 is 0 Å². The van der Waals surface area contributed by atoms with E-state index >= 15 is 0 Å². The molecule has 12 heteroatoms. The maximum atomic E-state index is 12.1. The number of aromatic nitrogens is 2. The third-order valence-corrected chi connectivity index (χ3v) is 17.1. The molecule has 0 amide bonds. The largest absolute Gasteiger partial charge is 0.507 e. The van der Waals surface area contributed by atoms with Crippen molar-refractivity contribution in [3.05, 3.63) is 306 Å². The van der Waals surface area contributed by atoms with Crippen LogP contribution in [-0.4, -0.2) is 20.2 Å². The average Bonchev–Trinajstić information content (AvgIpc) is 4.21. The zero-order valence-electron chi connectivity index (χ0n) is 43.1. The van der Waals surface area contributed by atoms with Gasteiger partial charge in [-0.05, 0) is 153 Å². The normalized spacial score (nSPS) is 12.5. The highest BCUT2D eigenvalue weighted by atomic mass is 35.5. The highest BCUT2D eigenvalue weighted by Gasteiger charge is 2.25. The minimum absolute atomic E-state index is 0.272. The number of phenols is 2. The summed E-state index contributed by atoms with van der Waals surface area (Å²) in [6, 6.07) is 71.6. The lowest BCUT2D eigenvalue weighted by Gasteiger charge is -2.17. The highest BCUT2D eigenvalue weighted by Crippen LogP contribution is 2.45. The zero-order valence-corrected chi connectivity index (χ0v) is 46.2. The molecule has 8 aromatic carbocycles. The van der Waals surface area contributed by atoms with E-state index in [0.29, 0.717) is 47.1 Å². The number of hydrogen-bond donors (Lipinski definition) is 2. The van der Waals surface area contributed by atoms with Crippen LogP contribution in [0, 0.1) is 0 Å². The van der Waals surface area contributed by atoms with E-state index in [9.17, 15) is 10.2 Å². The molecular formula is C68H50Cl2N6O2S2. The second-order valence-electron chi connectivity index (χ2n) is 19.6. The molecule has 0 radical (unpaired) electrons. The van der Waals surface area contributed by atoms with Crippen LogP contribution in [0.2, 0.25) is 10.0 Å². The van der Waals surface area contributed by atoms with Crippen molar-refractivity contribution < 1.29 is 10.2 Å². The van der Waals surface area contributed by atoms with Crippen LogP contribution in [0.5, 0.6) is 11.5 Å². The summed E-state index contributed by atoms with van der Waals surface area (Å²) in [4.78, 5) is 13.2. The van der Waals surface area contributed by atoms with E-state index in [1.54, 1.807) is 35.1 Å². The van der Waals surface area contributed by atoms with Gasteiger partial charge in [-0.15, -0.1) is 22.7 Å². The van der Waals surface area contributed by atoms with Crippen LogP contribution in [0.1, 0.15) is 77.5 Å². The topological polar surface area (TPSA) is 116 Å².